The van der Waals surface area contributed by atoms with E-state index in [-0.39, 0.29) is 12.5 Å². The fraction of sp³-hybridized carbons (Fsp3) is 0.368. The van der Waals surface area contributed by atoms with Gasteiger partial charge in [-0.2, -0.15) is 0 Å². The third-order valence-electron chi connectivity index (χ3n) is 4.59. The predicted molar refractivity (Wildman–Crippen MR) is 90.1 cm³/mol. The summed E-state index contributed by atoms with van der Waals surface area (Å²) in [7, 11) is 0. The van der Waals surface area contributed by atoms with Gasteiger partial charge in [0.15, 0.2) is 0 Å². The molecule has 0 saturated heterocycles. The van der Waals surface area contributed by atoms with Gasteiger partial charge in [0.05, 0.1) is 17.7 Å². The molecule has 1 aromatic heterocycles. The van der Waals surface area contributed by atoms with Crippen LogP contribution >= 0.6 is 0 Å². The molecule has 0 spiro atoms. The lowest BCUT2D eigenvalue weighted by atomic mass is 9.96. The number of hydrogen-bond acceptors (Lipinski definition) is 3. The monoisotopic (exact) mass is 310 g/mol. The SMILES string of the molecule is Cc1ccc(-c2cncc(C(=O)NC(C)(CO)C3CC3)c2)cc1. The maximum absolute atomic E-state index is 12.5. The van der Waals surface area contributed by atoms with Gasteiger partial charge in [0.2, 0.25) is 0 Å². The van der Waals surface area contributed by atoms with Crippen LogP contribution in [0.5, 0.6) is 0 Å². The van der Waals surface area contributed by atoms with E-state index in [1.165, 1.54) is 5.56 Å². The third-order valence-corrected chi connectivity index (χ3v) is 4.59. The Kier molecular flexibility index (Phi) is 4.18. The van der Waals surface area contributed by atoms with Crippen LogP contribution < -0.4 is 5.32 Å². The Bertz CT molecular complexity index is 708. The number of nitrogens with one attached hydrogen (secondary N) is 1. The third kappa shape index (κ3) is 3.42. The molecule has 2 N–H and O–H groups in total. The molecule has 0 radical (unpaired) electrons. The lowest BCUT2D eigenvalue weighted by molar-refractivity contribution is 0.0824. The second-order valence-electron chi connectivity index (χ2n) is 6.63. The van der Waals surface area contributed by atoms with Gasteiger partial charge in [-0.25, -0.2) is 0 Å². The summed E-state index contributed by atoms with van der Waals surface area (Å²) in [5.41, 5.74) is 3.11. The first-order valence-electron chi connectivity index (χ1n) is 7.97. The molecule has 1 heterocycles. The number of carbonyl (C=O) groups is 1. The van der Waals surface area contributed by atoms with Crippen LogP contribution in [0.2, 0.25) is 0 Å². The summed E-state index contributed by atoms with van der Waals surface area (Å²) in [6.07, 6.45) is 5.43. The lowest BCUT2D eigenvalue weighted by Gasteiger charge is -2.28. The highest BCUT2D eigenvalue weighted by Crippen LogP contribution is 2.39. The fourth-order valence-corrected chi connectivity index (χ4v) is 2.79. The number of aryl methyl sites for hydroxylation is 1. The fourth-order valence-electron chi connectivity index (χ4n) is 2.79. The number of carbonyl (C=O) groups excluding carboxylic acids is 1. The van der Waals surface area contributed by atoms with E-state index in [0.717, 1.165) is 24.0 Å². The molecule has 1 aliphatic rings. The zero-order chi connectivity index (χ0) is 16.4. The first kappa shape index (κ1) is 15.7. The highest BCUT2D eigenvalue weighted by Gasteiger charge is 2.42. The second kappa shape index (κ2) is 6.13. The summed E-state index contributed by atoms with van der Waals surface area (Å²) >= 11 is 0. The van der Waals surface area contributed by atoms with Crippen LogP contribution in [-0.4, -0.2) is 28.1 Å². The minimum absolute atomic E-state index is 0.0471. The van der Waals surface area contributed by atoms with Gasteiger partial charge >= 0.3 is 0 Å². The van der Waals surface area contributed by atoms with E-state index >= 15 is 0 Å². The largest absolute Gasteiger partial charge is 0.394 e. The Labute approximate surface area is 136 Å². The van der Waals surface area contributed by atoms with E-state index in [2.05, 4.69) is 10.3 Å². The Morgan fingerprint density at radius 2 is 1.96 bits per heavy atom. The molecule has 2 aromatic rings. The standard InChI is InChI=1S/C19H22N2O2/c1-13-3-5-14(6-4-13)15-9-16(11-20-10-15)18(23)21-19(2,12-22)17-7-8-17/h3-6,9-11,17,22H,7-8,12H2,1-2H3,(H,21,23). The number of pyridine rings is 1. The molecule has 4 nitrogen and oxygen atoms in total. The Morgan fingerprint density at radius 3 is 2.57 bits per heavy atom. The zero-order valence-electron chi connectivity index (χ0n) is 13.5. The number of aromatic nitrogens is 1. The summed E-state index contributed by atoms with van der Waals surface area (Å²) in [5, 5.41) is 12.6. The molecular formula is C19H22N2O2. The highest BCUT2D eigenvalue weighted by atomic mass is 16.3. The zero-order valence-corrected chi connectivity index (χ0v) is 13.5. The van der Waals surface area contributed by atoms with Crippen LogP contribution in [0.3, 0.4) is 0 Å². The van der Waals surface area contributed by atoms with Crippen molar-refractivity contribution in [1.82, 2.24) is 10.3 Å². The summed E-state index contributed by atoms with van der Waals surface area (Å²) < 4.78 is 0. The van der Waals surface area contributed by atoms with Gasteiger partial charge in [0.25, 0.3) is 5.91 Å². The van der Waals surface area contributed by atoms with Crippen LogP contribution in [0.15, 0.2) is 42.7 Å². The minimum Gasteiger partial charge on any atom is -0.394 e. The first-order chi connectivity index (χ1) is 11.0. The molecule has 4 heteroatoms. The van der Waals surface area contributed by atoms with Gasteiger partial charge in [-0.3, -0.25) is 9.78 Å². The van der Waals surface area contributed by atoms with Crippen molar-refractivity contribution in [3.63, 3.8) is 0 Å². The maximum Gasteiger partial charge on any atom is 0.253 e. The average molecular weight is 310 g/mol. The molecular weight excluding hydrogens is 288 g/mol. The predicted octanol–water partition coefficient (Wildman–Crippen LogP) is 2.95. The molecule has 1 fully saturated rings. The highest BCUT2D eigenvalue weighted by molar-refractivity contribution is 5.95. The maximum atomic E-state index is 12.5. The molecule has 1 aromatic carbocycles. The molecule has 120 valence electrons. The summed E-state index contributed by atoms with van der Waals surface area (Å²) in [5.74, 6) is 0.180. The van der Waals surface area contributed by atoms with E-state index in [1.807, 2.05) is 44.2 Å². The van der Waals surface area contributed by atoms with Crippen LogP contribution in [0.25, 0.3) is 11.1 Å². The summed E-state index contributed by atoms with van der Waals surface area (Å²) in [4.78, 5) is 16.7. The molecule has 0 bridgehead atoms. The number of amides is 1. The van der Waals surface area contributed by atoms with Crippen molar-refractivity contribution >= 4 is 5.91 Å². The summed E-state index contributed by atoms with van der Waals surface area (Å²) in [6, 6.07) is 9.97. The quantitative estimate of drug-likeness (QED) is 0.892. The Balaban J connectivity index is 1.81. The molecule has 1 saturated carbocycles. The molecule has 1 amide bonds. The number of aliphatic hydroxyl groups excluding tert-OH is 1. The van der Waals surface area contributed by atoms with Crippen LogP contribution in [-0.2, 0) is 0 Å². The van der Waals surface area contributed by atoms with Crippen molar-refractivity contribution in [3.8, 4) is 11.1 Å². The smallest absolute Gasteiger partial charge is 0.253 e. The number of rotatable bonds is 5. The van der Waals surface area contributed by atoms with Crippen molar-refractivity contribution in [3.05, 3.63) is 53.9 Å². The van der Waals surface area contributed by atoms with Crippen LogP contribution in [0, 0.1) is 12.8 Å². The lowest BCUT2D eigenvalue weighted by Crippen LogP contribution is -2.50. The van der Waals surface area contributed by atoms with E-state index in [4.69, 9.17) is 0 Å². The number of nitrogens with zero attached hydrogens (tertiary/aromatic N) is 1. The molecule has 23 heavy (non-hydrogen) atoms. The number of aliphatic hydroxyl groups is 1. The first-order valence-corrected chi connectivity index (χ1v) is 7.97. The van der Waals surface area contributed by atoms with Crippen molar-refractivity contribution in [2.45, 2.75) is 32.2 Å². The van der Waals surface area contributed by atoms with Crippen molar-refractivity contribution in [2.24, 2.45) is 5.92 Å². The molecule has 0 aliphatic heterocycles. The topological polar surface area (TPSA) is 62.2 Å². The van der Waals surface area contributed by atoms with Crippen LogP contribution in [0.4, 0.5) is 0 Å². The Hall–Kier alpha value is -2.20. The number of benzene rings is 1. The number of hydrogen-bond donors (Lipinski definition) is 2. The summed E-state index contributed by atoms with van der Waals surface area (Å²) in [6.45, 7) is 3.90. The van der Waals surface area contributed by atoms with E-state index in [9.17, 15) is 9.90 Å². The molecule has 3 rings (SSSR count). The van der Waals surface area contributed by atoms with E-state index in [1.54, 1.807) is 12.4 Å². The molecule has 1 unspecified atom stereocenters. The normalized spacial score (nSPS) is 16.7. The molecule has 1 aliphatic carbocycles. The van der Waals surface area contributed by atoms with Gasteiger partial charge in [-0.1, -0.05) is 29.8 Å². The van der Waals surface area contributed by atoms with Crippen molar-refractivity contribution in [1.29, 1.82) is 0 Å². The van der Waals surface area contributed by atoms with Gasteiger partial charge < -0.3 is 10.4 Å². The van der Waals surface area contributed by atoms with Gasteiger partial charge in [-0.15, -0.1) is 0 Å². The van der Waals surface area contributed by atoms with Crippen molar-refractivity contribution in [2.75, 3.05) is 6.61 Å². The molecule has 1 atom stereocenters. The minimum atomic E-state index is -0.545. The van der Waals surface area contributed by atoms with Gasteiger partial charge in [0, 0.05) is 18.0 Å². The Morgan fingerprint density at radius 1 is 1.26 bits per heavy atom. The van der Waals surface area contributed by atoms with Crippen LogP contribution in [0.1, 0.15) is 35.7 Å². The van der Waals surface area contributed by atoms with Gasteiger partial charge in [-0.05, 0) is 44.2 Å². The second-order valence-corrected chi connectivity index (χ2v) is 6.63. The average Bonchev–Trinajstić information content (AvgIpc) is 3.41. The van der Waals surface area contributed by atoms with E-state index in [0.29, 0.717) is 11.5 Å². The van der Waals surface area contributed by atoms with Crippen molar-refractivity contribution < 1.29 is 9.90 Å². The van der Waals surface area contributed by atoms with Gasteiger partial charge in [0.1, 0.15) is 0 Å². The van der Waals surface area contributed by atoms with E-state index < -0.39 is 5.54 Å².